The Morgan fingerprint density at radius 1 is 1.07 bits per heavy atom. The predicted molar refractivity (Wildman–Crippen MR) is 54.2 cm³/mol. The molecule has 0 heterocycles. The Morgan fingerprint density at radius 3 is 2.07 bits per heavy atom. The van der Waals surface area contributed by atoms with Crippen molar-refractivity contribution in [3.63, 3.8) is 0 Å². The lowest BCUT2D eigenvalue weighted by Gasteiger charge is -2.19. The number of Topliss-reactive ketones (excluding diaryl/α,β-unsaturated/α-hetero) is 1. The van der Waals surface area contributed by atoms with Crippen molar-refractivity contribution < 1.29 is 19.1 Å². The standard InChI is InChI=1S/C10H17NO4/c1-8(12)4-5-11(9(2)13)6-7-15-10(3)14/h4-7H2,1-3H3. The maximum atomic E-state index is 11.1. The predicted octanol–water partition coefficient (Wildman–Crippen LogP) is 0.377. The number of carbonyl (C=O) groups is 3. The number of ether oxygens (including phenoxy) is 1. The van der Waals surface area contributed by atoms with Gasteiger partial charge in [-0.1, -0.05) is 0 Å². The van der Waals surface area contributed by atoms with Gasteiger partial charge in [0.25, 0.3) is 0 Å². The number of amides is 1. The molecule has 0 aliphatic rings. The van der Waals surface area contributed by atoms with Crippen molar-refractivity contribution in [2.45, 2.75) is 27.2 Å². The van der Waals surface area contributed by atoms with Crippen LogP contribution in [0.5, 0.6) is 0 Å². The molecule has 5 heteroatoms. The summed E-state index contributed by atoms with van der Waals surface area (Å²) in [5, 5.41) is 0. The Labute approximate surface area is 89.4 Å². The molecule has 0 atom stereocenters. The number of nitrogens with zero attached hydrogens (tertiary/aromatic N) is 1. The van der Waals surface area contributed by atoms with Crippen LogP contribution in [0.25, 0.3) is 0 Å². The fourth-order valence-corrected chi connectivity index (χ4v) is 1.02. The van der Waals surface area contributed by atoms with E-state index in [2.05, 4.69) is 0 Å². The number of carbonyl (C=O) groups excluding carboxylic acids is 3. The molecule has 0 aliphatic heterocycles. The first kappa shape index (κ1) is 13.6. The first-order valence-electron chi connectivity index (χ1n) is 4.81. The van der Waals surface area contributed by atoms with E-state index in [9.17, 15) is 14.4 Å². The van der Waals surface area contributed by atoms with Gasteiger partial charge in [0.2, 0.25) is 5.91 Å². The van der Waals surface area contributed by atoms with E-state index in [1.165, 1.54) is 25.7 Å². The van der Waals surface area contributed by atoms with Crippen molar-refractivity contribution in [2.75, 3.05) is 19.7 Å². The SMILES string of the molecule is CC(=O)CCN(CCOC(C)=O)C(C)=O. The molecule has 5 nitrogen and oxygen atoms in total. The van der Waals surface area contributed by atoms with Crippen molar-refractivity contribution in [3.8, 4) is 0 Å². The third-order valence-corrected chi connectivity index (χ3v) is 1.85. The Morgan fingerprint density at radius 2 is 1.67 bits per heavy atom. The summed E-state index contributed by atoms with van der Waals surface area (Å²) < 4.78 is 4.71. The fourth-order valence-electron chi connectivity index (χ4n) is 1.02. The summed E-state index contributed by atoms with van der Waals surface area (Å²) in [6.07, 6.45) is 0.333. The summed E-state index contributed by atoms with van der Waals surface area (Å²) in [5.41, 5.74) is 0. The van der Waals surface area contributed by atoms with Crippen molar-refractivity contribution in [2.24, 2.45) is 0 Å². The summed E-state index contributed by atoms with van der Waals surface area (Å²) in [7, 11) is 0. The van der Waals surface area contributed by atoms with Crippen LogP contribution in [0.3, 0.4) is 0 Å². The Kier molecular flexibility index (Phi) is 6.33. The Hall–Kier alpha value is -1.39. The van der Waals surface area contributed by atoms with Gasteiger partial charge in [-0.3, -0.25) is 14.4 Å². The lowest BCUT2D eigenvalue weighted by Crippen LogP contribution is -2.34. The molecule has 15 heavy (non-hydrogen) atoms. The highest BCUT2D eigenvalue weighted by Gasteiger charge is 2.09. The Bertz CT molecular complexity index is 250. The van der Waals surface area contributed by atoms with Gasteiger partial charge in [0.1, 0.15) is 12.4 Å². The van der Waals surface area contributed by atoms with Gasteiger partial charge < -0.3 is 9.64 Å². The summed E-state index contributed by atoms with van der Waals surface area (Å²) in [5.74, 6) is -0.456. The van der Waals surface area contributed by atoms with E-state index in [1.54, 1.807) is 0 Å². The molecule has 0 N–H and O–H groups in total. The monoisotopic (exact) mass is 215 g/mol. The van der Waals surface area contributed by atoms with Gasteiger partial charge in [0.05, 0.1) is 6.54 Å². The van der Waals surface area contributed by atoms with E-state index in [0.29, 0.717) is 19.5 Å². The molecule has 0 saturated heterocycles. The largest absolute Gasteiger partial charge is 0.464 e. The van der Waals surface area contributed by atoms with Crippen LogP contribution < -0.4 is 0 Å². The highest BCUT2D eigenvalue weighted by Crippen LogP contribution is 1.94. The zero-order valence-corrected chi connectivity index (χ0v) is 9.41. The van der Waals surface area contributed by atoms with Gasteiger partial charge in [-0.25, -0.2) is 0 Å². The molecule has 0 aliphatic carbocycles. The number of ketones is 1. The van der Waals surface area contributed by atoms with Crippen molar-refractivity contribution in [3.05, 3.63) is 0 Å². The van der Waals surface area contributed by atoms with Gasteiger partial charge in [-0.2, -0.15) is 0 Å². The van der Waals surface area contributed by atoms with Crippen molar-refractivity contribution >= 4 is 17.7 Å². The lowest BCUT2D eigenvalue weighted by atomic mass is 10.3. The summed E-state index contributed by atoms with van der Waals surface area (Å²) in [4.78, 5) is 33.8. The van der Waals surface area contributed by atoms with E-state index >= 15 is 0 Å². The van der Waals surface area contributed by atoms with E-state index in [-0.39, 0.29) is 24.3 Å². The molecule has 0 aromatic heterocycles. The van der Waals surface area contributed by atoms with Crippen LogP contribution in [0, 0.1) is 0 Å². The molecule has 0 aromatic carbocycles. The zero-order valence-electron chi connectivity index (χ0n) is 9.41. The van der Waals surface area contributed by atoms with Gasteiger partial charge >= 0.3 is 5.97 Å². The van der Waals surface area contributed by atoms with E-state index in [4.69, 9.17) is 4.74 Å². The minimum atomic E-state index is -0.370. The quantitative estimate of drug-likeness (QED) is 0.601. The second-order valence-corrected chi connectivity index (χ2v) is 3.30. The molecule has 0 unspecified atom stereocenters. The van der Waals surface area contributed by atoms with Gasteiger partial charge in [0.15, 0.2) is 0 Å². The maximum absolute atomic E-state index is 11.1. The third-order valence-electron chi connectivity index (χ3n) is 1.85. The molecule has 0 spiro atoms. The van der Waals surface area contributed by atoms with E-state index in [1.807, 2.05) is 0 Å². The molecule has 0 fully saturated rings. The summed E-state index contributed by atoms with van der Waals surface area (Å²) >= 11 is 0. The smallest absolute Gasteiger partial charge is 0.302 e. The lowest BCUT2D eigenvalue weighted by molar-refractivity contribution is -0.143. The first-order valence-corrected chi connectivity index (χ1v) is 4.81. The van der Waals surface area contributed by atoms with Crippen LogP contribution >= 0.6 is 0 Å². The first-order chi connectivity index (χ1) is 6.93. The number of hydrogen-bond acceptors (Lipinski definition) is 4. The van der Waals surface area contributed by atoms with Crippen molar-refractivity contribution in [1.29, 1.82) is 0 Å². The summed E-state index contributed by atoms with van der Waals surface area (Å²) in [6, 6.07) is 0. The normalized spacial score (nSPS) is 9.53. The second kappa shape index (κ2) is 6.98. The van der Waals surface area contributed by atoms with E-state index in [0.717, 1.165) is 0 Å². The highest BCUT2D eigenvalue weighted by molar-refractivity contribution is 5.77. The van der Waals surface area contributed by atoms with Crippen molar-refractivity contribution in [1.82, 2.24) is 4.90 Å². The minimum Gasteiger partial charge on any atom is -0.464 e. The highest BCUT2D eigenvalue weighted by atomic mass is 16.5. The molecular weight excluding hydrogens is 198 g/mol. The average molecular weight is 215 g/mol. The molecule has 0 aromatic rings. The molecule has 1 amide bonds. The van der Waals surface area contributed by atoms with Crippen LogP contribution in [-0.4, -0.2) is 42.3 Å². The van der Waals surface area contributed by atoms with Gasteiger partial charge in [-0.15, -0.1) is 0 Å². The number of hydrogen-bond donors (Lipinski definition) is 0. The van der Waals surface area contributed by atoms with E-state index < -0.39 is 0 Å². The Balaban J connectivity index is 3.88. The second-order valence-electron chi connectivity index (χ2n) is 3.30. The van der Waals surface area contributed by atoms with Crippen LogP contribution in [-0.2, 0) is 19.1 Å². The molecule has 0 radical (unpaired) electrons. The topological polar surface area (TPSA) is 63.7 Å². The van der Waals surface area contributed by atoms with Crippen LogP contribution in [0.2, 0.25) is 0 Å². The van der Waals surface area contributed by atoms with Crippen LogP contribution in [0.4, 0.5) is 0 Å². The molecule has 0 saturated carbocycles. The maximum Gasteiger partial charge on any atom is 0.302 e. The number of esters is 1. The van der Waals surface area contributed by atoms with Crippen LogP contribution in [0.1, 0.15) is 27.2 Å². The number of rotatable bonds is 6. The summed E-state index contributed by atoms with van der Waals surface area (Å²) in [6.45, 7) is 5.10. The fraction of sp³-hybridized carbons (Fsp3) is 0.700. The molecule has 86 valence electrons. The minimum absolute atomic E-state index is 0.0359. The van der Waals surface area contributed by atoms with Gasteiger partial charge in [0, 0.05) is 26.8 Å². The zero-order chi connectivity index (χ0) is 11.8. The third kappa shape index (κ3) is 7.66. The van der Waals surface area contributed by atoms with Crippen LogP contribution in [0.15, 0.2) is 0 Å². The molecule has 0 rings (SSSR count). The average Bonchev–Trinajstić information content (AvgIpc) is 2.09. The molecule has 0 bridgehead atoms. The van der Waals surface area contributed by atoms with Gasteiger partial charge in [-0.05, 0) is 6.92 Å². The molecular formula is C10H17NO4.